The SMILES string of the molecule is Cc1cccc(C)c1NC(=O)CN(C)C(=O)C[NH+]1CCCC1. The first-order chi connectivity index (χ1) is 10.5. The lowest BCUT2D eigenvalue weighted by Gasteiger charge is -2.20. The van der Waals surface area contributed by atoms with Crippen LogP contribution in [0.1, 0.15) is 24.0 Å². The van der Waals surface area contributed by atoms with Crippen LogP contribution in [0.2, 0.25) is 0 Å². The van der Waals surface area contributed by atoms with Crippen LogP contribution in [0.4, 0.5) is 5.69 Å². The average molecular weight is 304 g/mol. The van der Waals surface area contributed by atoms with E-state index in [0.717, 1.165) is 29.9 Å². The van der Waals surface area contributed by atoms with Gasteiger partial charge in [-0.2, -0.15) is 0 Å². The number of benzene rings is 1. The number of hydrogen-bond acceptors (Lipinski definition) is 2. The lowest BCUT2D eigenvalue weighted by atomic mass is 10.1. The predicted octanol–water partition coefficient (Wildman–Crippen LogP) is 0.379. The molecule has 0 aromatic heterocycles. The highest BCUT2D eigenvalue weighted by atomic mass is 16.2. The Morgan fingerprint density at radius 2 is 1.77 bits per heavy atom. The number of rotatable bonds is 5. The van der Waals surface area contributed by atoms with Crippen molar-refractivity contribution in [2.24, 2.45) is 0 Å². The Labute approximate surface area is 132 Å². The zero-order valence-electron chi connectivity index (χ0n) is 13.7. The van der Waals surface area contributed by atoms with Gasteiger partial charge in [0.15, 0.2) is 6.54 Å². The number of aryl methyl sites for hydroxylation is 2. The molecule has 2 amide bonds. The molecule has 1 aromatic rings. The minimum absolute atomic E-state index is 0.0357. The summed E-state index contributed by atoms with van der Waals surface area (Å²) in [5.41, 5.74) is 2.91. The van der Waals surface area contributed by atoms with E-state index in [2.05, 4.69) is 5.32 Å². The molecule has 1 fully saturated rings. The molecule has 1 aliphatic heterocycles. The largest absolute Gasteiger partial charge is 0.332 e. The van der Waals surface area contributed by atoms with Gasteiger partial charge in [0, 0.05) is 25.6 Å². The number of nitrogens with one attached hydrogen (secondary N) is 2. The average Bonchev–Trinajstić information content (AvgIpc) is 2.96. The summed E-state index contributed by atoms with van der Waals surface area (Å²) in [7, 11) is 1.70. The van der Waals surface area contributed by atoms with Gasteiger partial charge in [-0.25, -0.2) is 0 Å². The van der Waals surface area contributed by atoms with Gasteiger partial charge in [0.1, 0.15) is 0 Å². The van der Waals surface area contributed by atoms with E-state index < -0.39 is 0 Å². The monoisotopic (exact) mass is 304 g/mol. The van der Waals surface area contributed by atoms with Gasteiger partial charge in [-0.1, -0.05) is 18.2 Å². The topological polar surface area (TPSA) is 53.9 Å². The van der Waals surface area contributed by atoms with Crippen LogP contribution < -0.4 is 10.2 Å². The Balaban J connectivity index is 1.86. The Bertz CT molecular complexity index is 531. The van der Waals surface area contributed by atoms with Crippen LogP contribution in [-0.2, 0) is 9.59 Å². The fraction of sp³-hybridized carbons (Fsp3) is 0.529. The second-order valence-electron chi connectivity index (χ2n) is 6.20. The van der Waals surface area contributed by atoms with Crippen molar-refractivity contribution < 1.29 is 14.5 Å². The number of anilines is 1. The highest BCUT2D eigenvalue weighted by Crippen LogP contribution is 2.19. The number of nitrogens with zero attached hydrogens (tertiary/aromatic N) is 1. The van der Waals surface area contributed by atoms with E-state index >= 15 is 0 Å². The highest BCUT2D eigenvalue weighted by molar-refractivity contribution is 5.95. The van der Waals surface area contributed by atoms with Crippen molar-refractivity contribution in [3.63, 3.8) is 0 Å². The summed E-state index contributed by atoms with van der Waals surface area (Å²) >= 11 is 0. The molecular formula is C17H26N3O2+. The van der Waals surface area contributed by atoms with E-state index in [1.54, 1.807) is 7.05 Å². The molecular weight excluding hydrogens is 278 g/mol. The van der Waals surface area contributed by atoms with Crippen molar-refractivity contribution in [1.29, 1.82) is 0 Å². The van der Waals surface area contributed by atoms with Crippen LogP contribution in [0.15, 0.2) is 18.2 Å². The lowest BCUT2D eigenvalue weighted by Crippen LogP contribution is -3.11. The lowest BCUT2D eigenvalue weighted by molar-refractivity contribution is -0.879. The van der Waals surface area contributed by atoms with Gasteiger partial charge in [0.2, 0.25) is 5.91 Å². The molecule has 2 N–H and O–H groups in total. The first-order valence-corrected chi connectivity index (χ1v) is 7.91. The summed E-state index contributed by atoms with van der Waals surface area (Å²) in [6.07, 6.45) is 2.39. The number of para-hydroxylation sites is 1. The number of carbonyl (C=O) groups is 2. The molecule has 0 saturated carbocycles. The normalized spacial score (nSPS) is 14.9. The smallest absolute Gasteiger partial charge is 0.277 e. The number of likely N-dealkylation sites (tertiary alicyclic amines) is 1. The second kappa shape index (κ2) is 7.40. The molecule has 0 atom stereocenters. The molecule has 5 heteroatoms. The van der Waals surface area contributed by atoms with Crippen LogP contribution in [0.5, 0.6) is 0 Å². The summed E-state index contributed by atoms with van der Waals surface area (Å²) in [5, 5.41) is 2.92. The Morgan fingerprint density at radius 1 is 1.18 bits per heavy atom. The number of carbonyl (C=O) groups excluding carboxylic acids is 2. The Morgan fingerprint density at radius 3 is 2.36 bits per heavy atom. The molecule has 22 heavy (non-hydrogen) atoms. The fourth-order valence-corrected chi connectivity index (χ4v) is 2.89. The number of amides is 2. The quantitative estimate of drug-likeness (QED) is 0.826. The third-order valence-corrected chi connectivity index (χ3v) is 4.26. The summed E-state index contributed by atoms with van der Waals surface area (Å²) in [4.78, 5) is 27.2. The molecule has 0 aliphatic carbocycles. The zero-order valence-corrected chi connectivity index (χ0v) is 13.7. The van der Waals surface area contributed by atoms with Crippen molar-refractivity contribution in [3.05, 3.63) is 29.3 Å². The fourth-order valence-electron chi connectivity index (χ4n) is 2.89. The maximum Gasteiger partial charge on any atom is 0.277 e. The minimum Gasteiger partial charge on any atom is -0.332 e. The molecule has 0 unspecified atom stereocenters. The predicted molar refractivity (Wildman–Crippen MR) is 87.0 cm³/mol. The van der Waals surface area contributed by atoms with Crippen molar-refractivity contribution in [2.45, 2.75) is 26.7 Å². The van der Waals surface area contributed by atoms with Gasteiger partial charge >= 0.3 is 0 Å². The van der Waals surface area contributed by atoms with Gasteiger partial charge in [-0.05, 0) is 25.0 Å². The Kier molecular flexibility index (Phi) is 5.55. The minimum atomic E-state index is -0.148. The van der Waals surface area contributed by atoms with Crippen LogP contribution in [0, 0.1) is 13.8 Å². The van der Waals surface area contributed by atoms with E-state index in [0.29, 0.717) is 6.54 Å². The summed E-state index contributed by atoms with van der Waals surface area (Å²) in [5.74, 6) is -0.113. The number of hydrogen-bond donors (Lipinski definition) is 2. The van der Waals surface area contributed by atoms with Gasteiger partial charge in [0.05, 0.1) is 19.6 Å². The van der Waals surface area contributed by atoms with Gasteiger partial charge in [0.25, 0.3) is 5.91 Å². The van der Waals surface area contributed by atoms with Crippen molar-refractivity contribution >= 4 is 17.5 Å². The van der Waals surface area contributed by atoms with E-state index in [1.807, 2.05) is 32.0 Å². The molecule has 1 aliphatic rings. The third-order valence-electron chi connectivity index (χ3n) is 4.26. The molecule has 120 valence electrons. The van der Waals surface area contributed by atoms with Crippen molar-refractivity contribution in [3.8, 4) is 0 Å². The van der Waals surface area contributed by atoms with E-state index in [-0.39, 0.29) is 18.4 Å². The summed E-state index contributed by atoms with van der Waals surface area (Å²) in [6, 6.07) is 5.90. The van der Waals surface area contributed by atoms with Crippen LogP contribution >= 0.6 is 0 Å². The van der Waals surface area contributed by atoms with Gasteiger partial charge in [-0.15, -0.1) is 0 Å². The number of likely N-dealkylation sites (N-methyl/N-ethyl adjacent to an activating group) is 1. The highest BCUT2D eigenvalue weighted by Gasteiger charge is 2.22. The molecule has 2 rings (SSSR count). The standard InChI is InChI=1S/C17H25N3O2/c1-13-7-6-8-14(2)17(13)18-15(21)11-19(3)16(22)12-20-9-4-5-10-20/h6-8H,4-5,9-12H2,1-3H3,(H,18,21)/p+1. The molecule has 0 radical (unpaired) electrons. The Hall–Kier alpha value is -1.88. The van der Waals surface area contributed by atoms with Crippen LogP contribution in [0.25, 0.3) is 0 Å². The van der Waals surface area contributed by atoms with Gasteiger partial charge < -0.3 is 15.1 Å². The van der Waals surface area contributed by atoms with E-state index in [1.165, 1.54) is 22.6 Å². The molecule has 1 aromatic carbocycles. The van der Waals surface area contributed by atoms with Crippen molar-refractivity contribution in [1.82, 2.24) is 4.90 Å². The van der Waals surface area contributed by atoms with E-state index in [4.69, 9.17) is 0 Å². The zero-order chi connectivity index (χ0) is 16.1. The van der Waals surface area contributed by atoms with Gasteiger partial charge in [-0.3, -0.25) is 9.59 Å². The van der Waals surface area contributed by atoms with Crippen LogP contribution in [0.3, 0.4) is 0 Å². The maximum atomic E-state index is 12.2. The molecule has 0 spiro atoms. The van der Waals surface area contributed by atoms with E-state index in [9.17, 15) is 9.59 Å². The molecule has 0 bridgehead atoms. The maximum absolute atomic E-state index is 12.2. The third kappa shape index (κ3) is 4.31. The van der Waals surface area contributed by atoms with Crippen LogP contribution in [-0.4, -0.2) is 49.9 Å². The van der Waals surface area contributed by atoms with Crippen molar-refractivity contribution in [2.75, 3.05) is 38.5 Å². The summed E-state index contributed by atoms with van der Waals surface area (Å²) < 4.78 is 0. The number of quaternary nitrogens is 1. The molecule has 1 heterocycles. The first kappa shape index (κ1) is 16.5. The molecule has 1 saturated heterocycles. The summed E-state index contributed by atoms with van der Waals surface area (Å²) in [6.45, 7) is 6.65. The molecule has 5 nitrogen and oxygen atoms in total. The second-order valence-corrected chi connectivity index (χ2v) is 6.20. The first-order valence-electron chi connectivity index (χ1n) is 7.91.